The summed E-state index contributed by atoms with van der Waals surface area (Å²) in [7, 11) is 2.99. The molecule has 96 valence electrons. The second kappa shape index (κ2) is 3.69. The van der Waals surface area contributed by atoms with Crippen molar-refractivity contribution in [2.75, 3.05) is 6.61 Å². The van der Waals surface area contributed by atoms with Crippen LogP contribution in [-0.2, 0) is 25.4 Å². The van der Waals surface area contributed by atoms with Crippen molar-refractivity contribution in [1.29, 1.82) is 0 Å². The van der Waals surface area contributed by atoms with Gasteiger partial charge in [0.15, 0.2) is 11.2 Å². The molecule has 18 heavy (non-hydrogen) atoms. The number of nitrogens with zero attached hydrogens (tertiary/aromatic N) is 4. The first kappa shape index (κ1) is 11.5. The van der Waals surface area contributed by atoms with Gasteiger partial charge in [0.05, 0.1) is 19.3 Å². The van der Waals surface area contributed by atoms with Crippen LogP contribution in [0.15, 0.2) is 9.59 Å². The number of aromatic nitrogens is 4. The van der Waals surface area contributed by atoms with E-state index in [1.54, 1.807) is 11.6 Å². The van der Waals surface area contributed by atoms with Crippen LogP contribution in [0.25, 0.3) is 11.2 Å². The fraction of sp³-hybridized carbons (Fsp3) is 0.500. The number of hydrogen-bond acceptors (Lipinski definition) is 4. The maximum Gasteiger partial charge on any atom is 0.332 e. The van der Waals surface area contributed by atoms with Crippen LogP contribution in [-0.4, -0.2) is 31.4 Å². The molecule has 3 heterocycles. The Kier molecular flexibility index (Phi) is 2.36. The molecule has 1 fully saturated rings. The van der Waals surface area contributed by atoms with Gasteiger partial charge in [0.2, 0.25) is 5.28 Å². The number of epoxide rings is 1. The summed E-state index contributed by atoms with van der Waals surface area (Å²) in [5.41, 5.74) is -0.182. The van der Waals surface area contributed by atoms with Crippen LogP contribution in [0.5, 0.6) is 0 Å². The van der Waals surface area contributed by atoms with Crippen LogP contribution < -0.4 is 11.2 Å². The Labute approximate surface area is 106 Å². The molecule has 2 aromatic heterocycles. The lowest BCUT2D eigenvalue weighted by molar-refractivity contribution is 0.385. The van der Waals surface area contributed by atoms with Gasteiger partial charge in [0, 0.05) is 14.1 Å². The van der Waals surface area contributed by atoms with Crippen molar-refractivity contribution in [2.45, 2.75) is 12.6 Å². The number of ether oxygens (including phenoxy) is 1. The average molecular weight is 271 g/mol. The minimum absolute atomic E-state index is 0.0711. The van der Waals surface area contributed by atoms with E-state index in [2.05, 4.69) is 4.98 Å². The normalized spacial score (nSPS) is 18.5. The van der Waals surface area contributed by atoms with Crippen LogP contribution in [0.2, 0.25) is 5.28 Å². The molecule has 8 heteroatoms. The summed E-state index contributed by atoms with van der Waals surface area (Å²) in [5.74, 6) is 0. The molecule has 0 unspecified atom stereocenters. The lowest BCUT2D eigenvalue weighted by Crippen LogP contribution is -2.37. The summed E-state index contributed by atoms with van der Waals surface area (Å²) in [6, 6.07) is 0. The molecule has 0 aliphatic carbocycles. The Hall–Kier alpha value is -1.60. The van der Waals surface area contributed by atoms with Crippen molar-refractivity contribution in [3.63, 3.8) is 0 Å². The smallest absolute Gasteiger partial charge is 0.332 e. The molecule has 0 aromatic carbocycles. The van der Waals surface area contributed by atoms with E-state index in [0.29, 0.717) is 24.3 Å². The van der Waals surface area contributed by atoms with Crippen LogP contribution in [0.1, 0.15) is 0 Å². The molecule has 0 spiro atoms. The molecule has 0 N–H and O–H groups in total. The van der Waals surface area contributed by atoms with E-state index < -0.39 is 11.2 Å². The quantitative estimate of drug-likeness (QED) is 0.544. The highest BCUT2D eigenvalue weighted by Gasteiger charge is 2.27. The molecular formula is C10H11ClN4O3. The predicted octanol–water partition coefficient (Wildman–Crippen LogP) is -0.514. The largest absolute Gasteiger partial charge is 0.371 e. The molecule has 1 atom stereocenters. The number of fused-ring (bicyclic) bond motifs is 1. The van der Waals surface area contributed by atoms with Gasteiger partial charge in [-0.15, -0.1) is 0 Å². The summed E-state index contributed by atoms with van der Waals surface area (Å²) in [4.78, 5) is 28.0. The average Bonchev–Trinajstić information content (AvgIpc) is 3.09. The third kappa shape index (κ3) is 1.51. The van der Waals surface area contributed by atoms with E-state index in [4.69, 9.17) is 16.3 Å². The Morgan fingerprint density at radius 3 is 2.67 bits per heavy atom. The molecule has 0 bridgehead atoms. The van der Waals surface area contributed by atoms with Crippen molar-refractivity contribution >= 4 is 22.8 Å². The summed E-state index contributed by atoms with van der Waals surface area (Å²) in [5, 5.41) is 0.193. The van der Waals surface area contributed by atoms with Crippen LogP contribution in [0, 0.1) is 0 Å². The SMILES string of the molecule is Cn1c(=O)c2c(nc(Cl)n2C[C@@H]2CO2)n(C)c1=O. The molecule has 1 aliphatic heterocycles. The maximum absolute atomic E-state index is 12.1. The van der Waals surface area contributed by atoms with E-state index in [0.717, 1.165) is 4.57 Å². The fourth-order valence-corrected chi connectivity index (χ4v) is 2.20. The first-order valence-electron chi connectivity index (χ1n) is 5.44. The van der Waals surface area contributed by atoms with Crippen LogP contribution in [0.4, 0.5) is 0 Å². The van der Waals surface area contributed by atoms with E-state index in [1.807, 2.05) is 0 Å². The molecule has 0 amide bonds. The van der Waals surface area contributed by atoms with E-state index >= 15 is 0 Å². The Morgan fingerprint density at radius 1 is 1.39 bits per heavy atom. The van der Waals surface area contributed by atoms with E-state index in [-0.39, 0.29) is 11.4 Å². The highest BCUT2D eigenvalue weighted by Crippen LogP contribution is 2.20. The van der Waals surface area contributed by atoms with Crippen LogP contribution in [0.3, 0.4) is 0 Å². The predicted molar refractivity (Wildman–Crippen MR) is 65.0 cm³/mol. The van der Waals surface area contributed by atoms with Crippen molar-refractivity contribution in [3.05, 3.63) is 26.1 Å². The molecule has 3 rings (SSSR count). The van der Waals surface area contributed by atoms with Crippen LogP contribution >= 0.6 is 11.6 Å². The molecule has 1 aliphatic rings. The molecular weight excluding hydrogens is 260 g/mol. The zero-order valence-corrected chi connectivity index (χ0v) is 10.6. The van der Waals surface area contributed by atoms with Gasteiger partial charge in [-0.05, 0) is 11.6 Å². The van der Waals surface area contributed by atoms with E-state index in [1.165, 1.54) is 11.6 Å². The standard InChI is InChI=1S/C10H11ClN4O3/c1-13-7-6(8(16)14(2)10(13)17)15(9(11)12-7)3-5-4-18-5/h5H,3-4H2,1-2H3/t5-/m1/s1. The molecule has 0 saturated carbocycles. The van der Waals surface area contributed by atoms with Gasteiger partial charge in [0.1, 0.15) is 0 Å². The number of rotatable bonds is 2. The number of hydrogen-bond donors (Lipinski definition) is 0. The molecule has 0 radical (unpaired) electrons. The minimum Gasteiger partial charge on any atom is -0.371 e. The molecule has 1 saturated heterocycles. The minimum atomic E-state index is -0.420. The lowest BCUT2D eigenvalue weighted by atomic mass is 10.4. The molecule has 7 nitrogen and oxygen atoms in total. The van der Waals surface area contributed by atoms with E-state index in [9.17, 15) is 9.59 Å². The number of aryl methyl sites for hydroxylation is 1. The van der Waals surface area contributed by atoms with Gasteiger partial charge in [-0.25, -0.2) is 4.79 Å². The van der Waals surface area contributed by atoms with Crippen molar-refractivity contribution in [1.82, 2.24) is 18.7 Å². The summed E-state index contributed by atoms with van der Waals surface area (Å²) >= 11 is 6.02. The van der Waals surface area contributed by atoms with Crippen molar-refractivity contribution in [3.8, 4) is 0 Å². The van der Waals surface area contributed by atoms with Gasteiger partial charge in [-0.3, -0.25) is 13.9 Å². The van der Waals surface area contributed by atoms with Gasteiger partial charge in [-0.2, -0.15) is 4.98 Å². The number of halogens is 1. The van der Waals surface area contributed by atoms with Gasteiger partial charge in [0.25, 0.3) is 5.56 Å². The van der Waals surface area contributed by atoms with Gasteiger partial charge < -0.3 is 9.30 Å². The highest BCUT2D eigenvalue weighted by molar-refractivity contribution is 6.29. The first-order chi connectivity index (χ1) is 8.50. The summed E-state index contributed by atoms with van der Waals surface area (Å²) in [6.45, 7) is 1.13. The van der Waals surface area contributed by atoms with Gasteiger partial charge >= 0.3 is 5.69 Å². The molecule has 2 aromatic rings. The Bertz CT molecular complexity index is 753. The van der Waals surface area contributed by atoms with Gasteiger partial charge in [-0.1, -0.05) is 0 Å². The first-order valence-corrected chi connectivity index (χ1v) is 5.82. The number of imidazole rings is 1. The fourth-order valence-electron chi connectivity index (χ4n) is 1.96. The zero-order valence-electron chi connectivity index (χ0n) is 9.88. The highest BCUT2D eigenvalue weighted by atomic mass is 35.5. The summed E-state index contributed by atoms with van der Waals surface area (Å²) in [6.07, 6.45) is 0.0711. The Morgan fingerprint density at radius 2 is 2.06 bits per heavy atom. The Balaban J connectivity index is 2.40. The third-order valence-electron chi connectivity index (χ3n) is 3.09. The second-order valence-corrected chi connectivity index (χ2v) is 4.66. The third-order valence-corrected chi connectivity index (χ3v) is 3.38. The maximum atomic E-state index is 12.1. The summed E-state index contributed by atoms with van der Waals surface area (Å²) < 4.78 is 9.08. The zero-order chi connectivity index (χ0) is 13.0. The second-order valence-electron chi connectivity index (χ2n) is 4.32. The topological polar surface area (TPSA) is 74.3 Å². The lowest BCUT2D eigenvalue weighted by Gasteiger charge is -2.05. The monoisotopic (exact) mass is 270 g/mol. The van der Waals surface area contributed by atoms with Crippen molar-refractivity contribution in [2.24, 2.45) is 14.1 Å². The van der Waals surface area contributed by atoms with Crippen molar-refractivity contribution < 1.29 is 4.74 Å².